The number of carbonyl (C=O) groups excluding carboxylic acids is 1. The summed E-state index contributed by atoms with van der Waals surface area (Å²) in [6.45, 7) is 5.04. The molecule has 0 saturated carbocycles. The van der Waals surface area contributed by atoms with Gasteiger partial charge in [0, 0.05) is 24.3 Å². The maximum atomic E-state index is 12.3. The minimum absolute atomic E-state index is 0.0450. The maximum absolute atomic E-state index is 12.3. The number of nitrogens with zero attached hydrogens (tertiary/aromatic N) is 1. The van der Waals surface area contributed by atoms with Gasteiger partial charge in [0.05, 0.1) is 6.10 Å². The van der Waals surface area contributed by atoms with Gasteiger partial charge >= 0.3 is 0 Å². The van der Waals surface area contributed by atoms with Gasteiger partial charge in [-0.25, -0.2) is 0 Å². The molecule has 2 atom stereocenters. The van der Waals surface area contributed by atoms with Crippen LogP contribution in [0.5, 0.6) is 0 Å². The van der Waals surface area contributed by atoms with Gasteiger partial charge in [-0.15, -0.1) is 0 Å². The van der Waals surface area contributed by atoms with Crippen molar-refractivity contribution in [2.45, 2.75) is 26.4 Å². The molecule has 1 amide bonds. The molecule has 1 saturated heterocycles. The van der Waals surface area contributed by atoms with Gasteiger partial charge in [0.15, 0.2) is 0 Å². The van der Waals surface area contributed by atoms with E-state index < -0.39 is 6.10 Å². The molecule has 1 aliphatic heterocycles. The van der Waals surface area contributed by atoms with Crippen LogP contribution in [0.15, 0.2) is 18.2 Å². The van der Waals surface area contributed by atoms with Crippen LogP contribution in [0.1, 0.15) is 29.3 Å². The second kappa shape index (κ2) is 4.98. The van der Waals surface area contributed by atoms with Crippen LogP contribution in [0.25, 0.3) is 0 Å². The highest BCUT2D eigenvalue weighted by Gasteiger charge is 2.27. The van der Waals surface area contributed by atoms with Crippen molar-refractivity contribution in [3.63, 3.8) is 0 Å². The number of nitrogens with two attached hydrogens (primary N) is 1. The van der Waals surface area contributed by atoms with Gasteiger partial charge in [0.25, 0.3) is 5.91 Å². The second-order valence-corrected chi connectivity index (χ2v) is 5.22. The summed E-state index contributed by atoms with van der Waals surface area (Å²) in [4.78, 5) is 14.0. The van der Waals surface area contributed by atoms with Gasteiger partial charge in [-0.1, -0.05) is 6.92 Å². The molecule has 0 aliphatic carbocycles. The number of carbonyl (C=O) groups is 1. The van der Waals surface area contributed by atoms with Crippen LogP contribution in [0.2, 0.25) is 0 Å². The fraction of sp³-hybridized carbons (Fsp3) is 0.500. The molecule has 1 aromatic rings. The SMILES string of the molecule is Cc1cc(N)cc(C(=O)N2CCC(C)C(O)C2)c1. The van der Waals surface area contributed by atoms with Crippen LogP contribution in [-0.2, 0) is 0 Å². The number of nitrogen functional groups attached to an aromatic ring is 1. The zero-order valence-corrected chi connectivity index (χ0v) is 10.9. The van der Waals surface area contributed by atoms with Gasteiger partial charge in [0.2, 0.25) is 0 Å². The summed E-state index contributed by atoms with van der Waals surface area (Å²) in [6.07, 6.45) is 0.415. The molecule has 1 aliphatic rings. The van der Waals surface area contributed by atoms with E-state index in [2.05, 4.69) is 0 Å². The molecule has 4 heteroatoms. The Balaban J connectivity index is 2.16. The molecule has 18 heavy (non-hydrogen) atoms. The predicted octanol–water partition coefficient (Wildman–Crippen LogP) is 1.42. The maximum Gasteiger partial charge on any atom is 0.254 e. The van der Waals surface area contributed by atoms with E-state index >= 15 is 0 Å². The molecule has 4 nitrogen and oxygen atoms in total. The van der Waals surface area contributed by atoms with Crippen LogP contribution >= 0.6 is 0 Å². The Labute approximate surface area is 107 Å². The van der Waals surface area contributed by atoms with E-state index in [9.17, 15) is 9.90 Å². The van der Waals surface area contributed by atoms with Crippen molar-refractivity contribution in [3.05, 3.63) is 29.3 Å². The van der Waals surface area contributed by atoms with Crippen LogP contribution in [0.3, 0.4) is 0 Å². The number of aliphatic hydroxyl groups excluding tert-OH is 1. The first kappa shape index (κ1) is 12.9. The fourth-order valence-electron chi connectivity index (χ4n) is 2.35. The van der Waals surface area contributed by atoms with Crippen molar-refractivity contribution in [1.82, 2.24) is 4.90 Å². The Kier molecular flexibility index (Phi) is 3.57. The van der Waals surface area contributed by atoms with E-state index in [0.717, 1.165) is 12.0 Å². The Morgan fingerprint density at radius 1 is 1.44 bits per heavy atom. The molecule has 0 spiro atoms. The molecule has 0 aromatic heterocycles. The number of hydrogen-bond acceptors (Lipinski definition) is 3. The Morgan fingerprint density at radius 3 is 2.78 bits per heavy atom. The third-order valence-corrected chi connectivity index (χ3v) is 3.55. The molecule has 0 bridgehead atoms. The topological polar surface area (TPSA) is 66.6 Å². The summed E-state index contributed by atoms with van der Waals surface area (Å²) in [5, 5.41) is 9.83. The lowest BCUT2D eigenvalue weighted by Gasteiger charge is -2.34. The van der Waals surface area contributed by atoms with E-state index in [1.807, 2.05) is 26.0 Å². The number of piperidine rings is 1. The van der Waals surface area contributed by atoms with E-state index in [4.69, 9.17) is 5.73 Å². The largest absolute Gasteiger partial charge is 0.399 e. The van der Waals surface area contributed by atoms with Crippen molar-refractivity contribution >= 4 is 11.6 Å². The van der Waals surface area contributed by atoms with Crippen LogP contribution < -0.4 is 5.73 Å². The first-order chi connectivity index (χ1) is 8.47. The van der Waals surface area contributed by atoms with Crippen molar-refractivity contribution in [2.75, 3.05) is 18.8 Å². The Morgan fingerprint density at radius 2 is 2.17 bits per heavy atom. The summed E-state index contributed by atoms with van der Waals surface area (Å²) in [5.41, 5.74) is 7.94. The number of benzene rings is 1. The van der Waals surface area contributed by atoms with Crippen LogP contribution in [0, 0.1) is 12.8 Å². The normalized spacial score (nSPS) is 24.1. The van der Waals surface area contributed by atoms with Gasteiger partial charge in [-0.2, -0.15) is 0 Å². The van der Waals surface area contributed by atoms with E-state index in [1.165, 1.54) is 0 Å². The summed E-state index contributed by atoms with van der Waals surface area (Å²) < 4.78 is 0. The highest BCUT2D eigenvalue weighted by Crippen LogP contribution is 2.20. The van der Waals surface area contributed by atoms with E-state index in [0.29, 0.717) is 24.3 Å². The summed E-state index contributed by atoms with van der Waals surface area (Å²) >= 11 is 0. The van der Waals surface area contributed by atoms with Crippen molar-refractivity contribution < 1.29 is 9.90 Å². The second-order valence-electron chi connectivity index (χ2n) is 5.22. The molecule has 1 aromatic carbocycles. The Bertz CT molecular complexity index is 439. The Hall–Kier alpha value is -1.55. The lowest BCUT2D eigenvalue weighted by atomic mass is 9.95. The van der Waals surface area contributed by atoms with Crippen molar-refractivity contribution in [1.29, 1.82) is 0 Å². The highest BCUT2D eigenvalue weighted by atomic mass is 16.3. The summed E-state index contributed by atoms with van der Waals surface area (Å²) in [7, 11) is 0. The van der Waals surface area contributed by atoms with Crippen LogP contribution in [0.4, 0.5) is 5.69 Å². The first-order valence-electron chi connectivity index (χ1n) is 6.32. The zero-order valence-electron chi connectivity index (χ0n) is 10.9. The monoisotopic (exact) mass is 248 g/mol. The van der Waals surface area contributed by atoms with Gasteiger partial charge in [-0.05, 0) is 43.0 Å². The molecule has 0 radical (unpaired) electrons. The standard InChI is InChI=1S/C14H20N2O2/c1-9-5-11(7-12(15)6-9)14(18)16-4-3-10(2)13(17)8-16/h5-7,10,13,17H,3-4,8,15H2,1-2H3. The quantitative estimate of drug-likeness (QED) is 0.739. The van der Waals surface area contributed by atoms with E-state index in [-0.39, 0.29) is 11.8 Å². The zero-order chi connectivity index (χ0) is 13.3. The molecule has 1 fully saturated rings. The van der Waals surface area contributed by atoms with E-state index in [1.54, 1.807) is 11.0 Å². The molecular weight excluding hydrogens is 228 g/mol. The third-order valence-electron chi connectivity index (χ3n) is 3.55. The summed E-state index contributed by atoms with van der Waals surface area (Å²) in [6, 6.07) is 5.37. The van der Waals surface area contributed by atoms with Crippen molar-refractivity contribution in [3.8, 4) is 0 Å². The van der Waals surface area contributed by atoms with Gasteiger partial charge < -0.3 is 15.7 Å². The molecular formula is C14H20N2O2. The molecule has 2 rings (SSSR count). The fourth-order valence-corrected chi connectivity index (χ4v) is 2.35. The third kappa shape index (κ3) is 2.64. The molecule has 1 heterocycles. The lowest BCUT2D eigenvalue weighted by molar-refractivity contribution is 0.0248. The van der Waals surface area contributed by atoms with Crippen molar-refractivity contribution in [2.24, 2.45) is 5.92 Å². The molecule has 98 valence electrons. The predicted molar refractivity (Wildman–Crippen MR) is 71.3 cm³/mol. The number of hydrogen-bond donors (Lipinski definition) is 2. The smallest absolute Gasteiger partial charge is 0.254 e. The number of rotatable bonds is 1. The number of likely N-dealkylation sites (tertiary alicyclic amines) is 1. The number of anilines is 1. The minimum Gasteiger partial charge on any atom is -0.399 e. The first-order valence-corrected chi connectivity index (χ1v) is 6.32. The number of aryl methyl sites for hydroxylation is 1. The number of amides is 1. The molecule has 3 N–H and O–H groups in total. The number of aliphatic hydroxyl groups is 1. The van der Waals surface area contributed by atoms with Gasteiger partial charge in [-0.3, -0.25) is 4.79 Å². The van der Waals surface area contributed by atoms with Gasteiger partial charge in [0.1, 0.15) is 0 Å². The summed E-state index contributed by atoms with van der Waals surface area (Å²) in [5.74, 6) is 0.216. The average molecular weight is 248 g/mol. The average Bonchev–Trinajstić information content (AvgIpc) is 2.30. The number of β-amino-alcohol motifs (C(OH)–C–C–N with tert-alkyl or cyclic N) is 1. The highest BCUT2D eigenvalue weighted by molar-refractivity contribution is 5.95. The van der Waals surface area contributed by atoms with Crippen LogP contribution in [-0.4, -0.2) is 35.1 Å². The minimum atomic E-state index is -0.426. The molecule has 2 unspecified atom stereocenters. The lowest BCUT2D eigenvalue weighted by Crippen LogP contribution is -2.45.